The molecule has 2 aromatic carbocycles. The van der Waals surface area contributed by atoms with E-state index < -0.39 is 115 Å². The summed E-state index contributed by atoms with van der Waals surface area (Å²) in [5.74, 6) is -8.28. The molecule has 312 valence electrons. The Hall–Kier alpha value is -5.78. The van der Waals surface area contributed by atoms with Gasteiger partial charge in [0.05, 0.1) is 11.0 Å². The van der Waals surface area contributed by atoms with Crippen LogP contribution < -0.4 is 4.74 Å². The summed E-state index contributed by atoms with van der Waals surface area (Å²) in [6, 6.07) is 0. The lowest BCUT2D eigenvalue weighted by molar-refractivity contribution is -0.127. The Bertz CT molecular complexity index is 2220. The number of aliphatic hydroxyl groups excluding tert-OH is 2. The molecule has 1 heterocycles. The quantitative estimate of drug-likeness (QED) is 0.0480. The van der Waals surface area contributed by atoms with Crippen LogP contribution in [0.5, 0.6) is 34.5 Å². The molecule has 0 saturated carbocycles. The second-order valence-corrected chi connectivity index (χ2v) is 16.3. The second-order valence-electron chi connectivity index (χ2n) is 16.3. The van der Waals surface area contributed by atoms with E-state index in [0.29, 0.717) is 19.3 Å². The van der Waals surface area contributed by atoms with Gasteiger partial charge in [0.25, 0.3) is 0 Å². The number of Topliss-reactive ketones (excluding diaryl/α,β-unsaturated/α-hetero) is 4. The van der Waals surface area contributed by atoms with Crippen LogP contribution in [0.2, 0.25) is 0 Å². The number of phenolic OH excluding ortho intramolecular Hbond substituents is 5. The van der Waals surface area contributed by atoms with Crippen LogP contribution >= 0.6 is 0 Å². The fourth-order valence-electron chi connectivity index (χ4n) is 7.36. The van der Waals surface area contributed by atoms with E-state index in [1.807, 2.05) is 20.8 Å². The summed E-state index contributed by atoms with van der Waals surface area (Å²) in [5, 5.41) is 81.6. The lowest BCUT2D eigenvalue weighted by Gasteiger charge is -2.33. The fraction of sp³-hybridized carbons (Fsp3) is 0.435. The predicted molar refractivity (Wildman–Crippen MR) is 220 cm³/mol. The minimum Gasteiger partial charge on any atom is -0.511 e. The Kier molecular flexibility index (Phi) is 13.5. The molecule has 2 aromatic rings. The van der Waals surface area contributed by atoms with Gasteiger partial charge in [0.1, 0.15) is 68.3 Å². The topological polar surface area (TPSA) is 219 Å². The van der Waals surface area contributed by atoms with E-state index in [1.165, 1.54) is 13.0 Å². The van der Waals surface area contributed by atoms with Gasteiger partial charge in [-0.25, -0.2) is 0 Å². The van der Waals surface area contributed by atoms with E-state index in [1.54, 1.807) is 39.8 Å². The molecule has 7 N–H and O–H groups in total. The number of hydrogen-bond donors (Lipinski definition) is 7. The molecular weight excluding hydrogens is 744 g/mol. The Morgan fingerprint density at radius 1 is 0.707 bits per heavy atom. The van der Waals surface area contributed by atoms with Crippen LogP contribution in [0, 0.1) is 5.41 Å². The van der Waals surface area contributed by atoms with Crippen LogP contribution in [0.3, 0.4) is 0 Å². The number of rotatable bonds is 16. The molecular formula is C46H56O12. The molecule has 12 heteroatoms. The first-order valence-corrected chi connectivity index (χ1v) is 19.6. The number of allylic oxidation sites excluding steroid dienone is 7. The molecule has 1 aliphatic heterocycles. The van der Waals surface area contributed by atoms with Crippen molar-refractivity contribution >= 4 is 29.2 Å². The molecule has 2 aliphatic rings. The number of benzene rings is 2. The average molecular weight is 801 g/mol. The van der Waals surface area contributed by atoms with Gasteiger partial charge in [0.2, 0.25) is 0 Å². The van der Waals surface area contributed by atoms with Crippen molar-refractivity contribution in [2.24, 2.45) is 5.41 Å². The van der Waals surface area contributed by atoms with Gasteiger partial charge in [-0.05, 0) is 92.7 Å². The molecule has 0 radical (unpaired) electrons. The van der Waals surface area contributed by atoms with Crippen LogP contribution in [0.4, 0.5) is 0 Å². The molecule has 0 spiro atoms. The van der Waals surface area contributed by atoms with Crippen molar-refractivity contribution in [2.45, 2.75) is 126 Å². The minimum absolute atomic E-state index is 0.0117. The van der Waals surface area contributed by atoms with E-state index in [0.717, 1.165) is 24.5 Å². The van der Waals surface area contributed by atoms with E-state index in [2.05, 4.69) is 6.08 Å². The molecule has 4 rings (SSSR count). The predicted octanol–water partition coefficient (Wildman–Crippen LogP) is 9.38. The van der Waals surface area contributed by atoms with Crippen LogP contribution in [0.15, 0.2) is 52.0 Å². The zero-order valence-corrected chi connectivity index (χ0v) is 34.8. The number of ether oxygens (including phenoxy) is 1. The molecule has 1 atom stereocenters. The largest absolute Gasteiger partial charge is 0.511 e. The third-order valence-electron chi connectivity index (χ3n) is 10.7. The maximum Gasteiger partial charge on any atom is 0.183 e. The summed E-state index contributed by atoms with van der Waals surface area (Å²) in [6.07, 6.45) is 7.43. The molecule has 0 saturated heterocycles. The molecule has 1 unspecified atom stereocenters. The lowest BCUT2D eigenvalue weighted by atomic mass is 9.70. The number of fused-ring (bicyclic) bond motifs is 1. The van der Waals surface area contributed by atoms with Crippen molar-refractivity contribution in [1.82, 2.24) is 0 Å². The zero-order valence-electron chi connectivity index (χ0n) is 34.8. The summed E-state index contributed by atoms with van der Waals surface area (Å²) in [7, 11) is 0. The average Bonchev–Trinajstić information content (AvgIpc) is 3.12. The molecule has 0 fully saturated rings. The third-order valence-corrected chi connectivity index (χ3v) is 10.7. The molecule has 58 heavy (non-hydrogen) atoms. The highest BCUT2D eigenvalue weighted by molar-refractivity contribution is 6.23. The van der Waals surface area contributed by atoms with Gasteiger partial charge >= 0.3 is 0 Å². The van der Waals surface area contributed by atoms with Crippen molar-refractivity contribution in [3.8, 4) is 34.5 Å². The van der Waals surface area contributed by atoms with Gasteiger partial charge in [0, 0.05) is 47.9 Å². The van der Waals surface area contributed by atoms with Gasteiger partial charge in [-0.1, -0.05) is 37.1 Å². The lowest BCUT2D eigenvalue weighted by Crippen LogP contribution is -2.38. The summed E-state index contributed by atoms with van der Waals surface area (Å²) < 4.78 is 6.04. The highest BCUT2D eigenvalue weighted by atomic mass is 16.5. The number of ketones is 4. The van der Waals surface area contributed by atoms with Crippen molar-refractivity contribution in [1.29, 1.82) is 0 Å². The molecule has 12 nitrogen and oxygen atoms in total. The number of phenols is 5. The summed E-state index contributed by atoms with van der Waals surface area (Å²) in [4.78, 5) is 53.8. The summed E-state index contributed by atoms with van der Waals surface area (Å²) in [6.45, 7) is 15.2. The smallest absolute Gasteiger partial charge is 0.183 e. The molecule has 0 aromatic heterocycles. The maximum absolute atomic E-state index is 13.9. The Balaban J connectivity index is 1.99. The Morgan fingerprint density at radius 2 is 1.24 bits per heavy atom. The first-order chi connectivity index (χ1) is 27.0. The SMILES string of the molecule is CCCC(=O)c1c(O)c(CC2=C(O)C(C)(CC=C(C)CCC=C(C)C)C(=O)C(C(C)=O)=C2O)c(O)c(Cc2c(O)c3c(c(C(=O)CCC)c2O)OC(C)(C)C=C3)c1O. The molecule has 1 aliphatic carbocycles. The van der Waals surface area contributed by atoms with E-state index in [4.69, 9.17) is 4.74 Å². The maximum atomic E-state index is 13.9. The van der Waals surface area contributed by atoms with Gasteiger partial charge in [-0.2, -0.15) is 0 Å². The van der Waals surface area contributed by atoms with Crippen molar-refractivity contribution < 1.29 is 59.7 Å². The van der Waals surface area contributed by atoms with Crippen LogP contribution in [-0.4, -0.2) is 64.5 Å². The van der Waals surface area contributed by atoms with Gasteiger partial charge < -0.3 is 40.5 Å². The van der Waals surface area contributed by atoms with Crippen molar-refractivity contribution in [3.63, 3.8) is 0 Å². The zero-order chi connectivity index (χ0) is 43.6. The highest BCUT2D eigenvalue weighted by Crippen LogP contribution is 2.52. The third kappa shape index (κ3) is 8.56. The normalized spacial score (nSPS) is 17.6. The molecule has 0 amide bonds. The Morgan fingerprint density at radius 3 is 1.79 bits per heavy atom. The second kappa shape index (κ2) is 17.4. The Labute approximate surface area is 339 Å². The standard InChI is InChI=1S/C46H56O12/c1-10-13-31(48)34-38(52)28(21-27-36(50)26-18-19-45(7,8)58-42(26)35(40(27)54)32(49)14-11-2)37(51)29(39(34)53)22-30-41(55)33(25(6)47)44(57)46(9,43(30)56)20-17-24(5)16-12-15-23(3)4/h15,17-19,50-56H,10-14,16,20-22H2,1-9H3. The van der Waals surface area contributed by atoms with E-state index in [9.17, 15) is 54.9 Å². The number of carbonyl (C=O) groups is 4. The number of hydrogen-bond acceptors (Lipinski definition) is 12. The van der Waals surface area contributed by atoms with Crippen LogP contribution in [0.1, 0.15) is 150 Å². The van der Waals surface area contributed by atoms with Crippen LogP contribution in [0.25, 0.3) is 6.08 Å². The highest BCUT2D eigenvalue weighted by Gasteiger charge is 2.47. The van der Waals surface area contributed by atoms with Gasteiger partial charge in [-0.3, -0.25) is 19.2 Å². The number of aromatic hydroxyl groups is 5. The monoisotopic (exact) mass is 800 g/mol. The number of aliphatic hydroxyl groups is 2. The molecule has 0 bridgehead atoms. The van der Waals surface area contributed by atoms with Crippen molar-refractivity contribution in [2.75, 3.05) is 0 Å². The van der Waals surface area contributed by atoms with Gasteiger partial charge in [0.15, 0.2) is 23.1 Å². The summed E-state index contributed by atoms with van der Waals surface area (Å²) >= 11 is 0. The first kappa shape index (κ1) is 44.9. The number of carbonyl (C=O) groups excluding carboxylic acids is 4. The first-order valence-electron chi connectivity index (χ1n) is 19.6. The van der Waals surface area contributed by atoms with Gasteiger partial charge in [-0.15, -0.1) is 0 Å². The minimum atomic E-state index is -1.77. The fourth-order valence-corrected chi connectivity index (χ4v) is 7.36. The summed E-state index contributed by atoms with van der Waals surface area (Å²) in [5.41, 5.74) is -3.64. The van der Waals surface area contributed by atoms with Crippen LogP contribution in [-0.2, 0) is 22.4 Å². The van der Waals surface area contributed by atoms with E-state index in [-0.39, 0.29) is 41.7 Å². The van der Waals surface area contributed by atoms with E-state index >= 15 is 0 Å². The van der Waals surface area contributed by atoms with Crippen molar-refractivity contribution in [3.05, 3.63) is 85.4 Å².